The maximum Gasteiger partial charge on any atom is 0.340 e. The van der Waals surface area contributed by atoms with Crippen LogP contribution in [0.5, 0.6) is 0 Å². The zero-order chi connectivity index (χ0) is 15.9. The number of rotatable bonds is 4. The van der Waals surface area contributed by atoms with Gasteiger partial charge in [0.25, 0.3) is 0 Å². The monoisotopic (exact) mass is 311 g/mol. The number of carbonyl (C=O) groups excluding carboxylic acids is 1. The van der Waals surface area contributed by atoms with E-state index < -0.39 is 12.1 Å². The van der Waals surface area contributed by atoms with E-state index in [1.165, 1.54) is 6.92 Å². The summed E-state index contributed by atoms with van der Waals surface area (Å²) in [6.45, 7) is 1.53. The van der Waals surface area contributed by atoms with Crippen LogP contribution in [-0.4, -0.2) is 12.1 Å². The van der Waals surface area contributed by atoms with Crippen LogP contribution in [0.15, 0.2) is 54.6 Å². The molecule has 0 aliphatic carbocycles. The second-order valence-corrected chi connectivity index (χ2v) is 5.09. The summed E-state index contributed by atoms with van der Waals surface area (Å²) in [5.74, 6) is -0.541. The Morgan fingerprint density at radius 1 is 1.18 bits per heavy atom. The number of nitriles is 1. The van der Waals surface area contributed by atoms with E-state index in [4.69, 9.17) is 21.6 Å². The van der Waals surface area contributed by atoms with Gasteiger partial charge in [-0.2, -0.15) is 5.26 Å². The molecule has 2 rings (SSSR count). The molecule has 0 saturated heterocycles. The largest absolute Gasteiger partial charge is 0.444 e. The summed E-state index contributed by atoms with van der Waals surface area (Å²) in [6.07, 6.45) is 0.925. The number of nitrogens with zero attached hydrogens (tertiary/aromatic N) is 1. The van der Waals surface area contributed by atoms with Gasteiger partial charge in [-0.3, -0.25) is 0 Å². The van der Waals surface area contributed by atoms with Crippen LogP contribution in [0, 0.1) is 11.3 Å². The lowest BCUT2D eigenvalue weighted by Crippen LogP contribution is -2.14. The van der Waals surface area contributed by atoms with E-state index in [1.807, 2.05) is 36.4 Å². The van der Waals surface area contributed by atoms with Crippen molar-refractivity contribution in [1.29, 1.82) is 5.26 Å². The summed E-state index contributed by atoms with van der Waals surface area (Å²) in [7, 11) is 0. The first kappa shape index (κ1) is 15.8. The molecule has 0 heterocycles. The Labute approximate surface area is 134 Å². The molecule has 2 aromatic rings. The van der Waals surface area contributed by atoms with E-state index in [2.05, 4.69) is 0 Å². The molecule has 0 bridgehead atoms. The molecule has 0 radical (unpaired) electrons. The molecule has 2 aromatic carbocycles. The molecular formula is C18H14ClNO2. The standard InChI is InChI=1S/C18H14ClNO2/c1-13(12-20)22-18(21)17(11-14-5-3-2-4-6-14)15-7-9-16(19)10-8-15/h2-11,13H,1H3/b17-11+/t13-/m0/s1. The average molecular weight is 312 g/mol. The van der Waals surface area contributed by atoms with E-state index in [0.29, 0.717) is 16.2 Å². The minimum Gasteiger partial charge on any atom is -0.444 e. The first-order chi connectivity index (χ1) is 10.6. The Balaban J connectivity index is 2.41. The topological polar surface area (TPSA) is 50.1 Å². The van der Waals surface area contributed by atoms with Gasteiger partial charge in [-0.15, -0.1) is 0 Å². The third kappa shape index (κ3) is 4.21. The lowest BCUT2D eigenvalue weighted by atomic mass is 10.0. The van der Waals surface area contributed by atoms with Gasteiger partial charge in [0.15, 0.2) is 6.10 Å². The van der Waals surface area contributed by atoms with Crippen molar-refractivity contribution in [2.24, 2.45) is 0 Å². The fourth-order valence-corrected chi connectivity index (χ4v) is 1.98. The number of benzene rings is 2. The molecule has 0 saturated carbocycles. The molecule has 0 unspecified atom stereocenters. The van der Waals surface area contributed by atoms with Crippen molar-refractivity contribution in [2.75, 3.05) is 0 Å². The van der Waals surface area contributed by atoms with Crippen LogP contribution in [-0.2, 0) is 9.53 Å². The van der Waals surface area contributed by atoms with Crippen molar-refractivity contribution in [1.82, 2.24) is 0 Å². The maximum absolute atomic E-state index is 12.3. The van der Waals surface area contributed by atoms with Gasteiger partial charge in [0, 0.05) is 5.02 Å². The molecule has 0 spiro atoms. The van der Waals surface area contributed by atoms with Crippen LogP contribution in [0.1, 0.15) is 18.1 Å². The summed E-state index contributed by atoms with van der Waals surface area (Å²) < 4.78 is 5.12. The lowest BCUT2D eigenvalue weighted by Gasteiger charge is -2.10. The van der Waals surface area contributed by atoms with Gasteiger partial charge >= 0.3 is 5.97 Å². The van der Waals surface area contributed by atoms with Crippen molar-refractivity contribution in [3.8, 4) is 6.07 Å². The molecule has 0 N–H and O–H groups in total. The number of ether oxygens (including phenoxy) is 1. The minimum absolute atomic E-state index is 0.380. The Morgan fingerprint density at radius 3 is 2.41 bits per heavy atom. The van der Waals surface area contributed by atoms with E-state index in [1.54, 1.807) is 30.3 Å². The second kappa shape index (κ2) is 7.44. The van der Waals surface area contributed by atoms with Crippen molar-refractivity contribution in [2.45, 2.75) is 13.0 Å². The van der Waals surface area contributed by atoms with Gasteiger partial charge in [0.2, 0.25) is 0 Å². The highest BCUT2D eigenvalue weighted by Gasteiger charge is 2.16. The summed E-state index contributed by atoms with van der Waals surface area (Å²) in [6, 6.07) is 18.2. The minimum atomic E-state index is -0.807. The van der Waals surface area contributed by atoms with Crippen LogP contribution < -0.4 is 0 Å². The number of esters is 1. The Bertz CT molecular complexity index is 715. The summed E-state index contributed by atoms with van der Waals surface area (Å²) in [5.41, 5.74) is 1.93. The van der Waals surface area contributed by atoms with Gasteiger partial charge in [0.1, 0.15) is 6.07 Å². The molecule has 4 heteroatoms. The Morgan fingerprint density at radius 2 is 1.82 bits per heavy atom. The predicted octanol–water partition coefficient (Wildman–Crippen LogP) is 4.34. The quantitative estimate of drug-likeness (QED) is 0.479. The molecule has 0 aliphatic rings. The highest BCUT2D eigenvalue weighted by atomic mass is 35.5. The zero-order valence-electron chi connectivity index (χ0n) is 12.0. The highest BCUT2D eigenvalue weighted by molar-refractivity contribution is 6.30. The van der Waals surface area contributed by atoms with Crippen LogP contribution >= 0.6 is 11.6 Å². The van der Waals surface area contributed by atoms with E-state index in [-0.39, 0.29) is 0 Å². The molecular weight excluding hydrogens is 298 g/mol. The van der Waals surface area contributed by atoms with Crippen molar-refractivity contribution >= 4 is 29.2 Å². The van der Waals surface area contributed by atoms with Gasteiger partial charge < -0.3 is 4.74 Å². The predicted molar refractivity (Wildman–Crippen MR) is 86.9 cm³/mol. The van der Waals surface area contributed by atoms with Gasteiger partial charge in [0.05, 0.1) is 5.57 Å². The number of carbonyl (C=O) groups is 1. The fraction of sp³-hybridized carbons (Fsp3) is 0.111. The van der Waals surface area contributed by atoms with E-state index >= 15 is 0 Å². The van der Waals surface area contributed by atoms with Gasteiger partial charge in [-0.25, -0.2) is 4.79 Å². The molecule has 0 aromatic heterocycles. The lowest BCUT2D eigenvalue weighted by molar-refractivity contribution is -0.138. The van der Waals surface area contributed by atoms with E-state index in [0.717, 1.165) is 5.56 Å². The molecule has 3 nitrogen and oxygen atoms in total. The van der Waals surface area contributed by atoms with Crippen LogP contribution in [0.3, 0.4) is 0 Å². The Hall–Kier alpha value is -2.57. The molecule has 1 atom stereocenters. The van der Waals surface area contributed by atoms with Gasteiger partial charge in [-0.05, 0) is 36.3 Å². The van der Waals surface area contributed by atoms with Crippen LogP contribution in [0.4, 0.5) is 0 Å². The second-order valence-electron chi connectivity index (χ2n) is 4.65. The van der Waals surface area contributed by atoms with E-state index in [9.17, 15) is 4.79 Å². The fourth-order valence-electron chi connectivity index (χ4n) is 1.86. The van der Waals surface area contributed by atoms with Gasteiger partial charge in [-0.1, -0.05) is 54.1 Å². The first-order valence-electron chi connectivity index (χ1n) is 6.73. The molecule has 0 fully saturated rings. The third-order valence-electron chi connectivity index (χ3n) is 2.95. The smallest absolute Gasteiger partial charge is 0.340 e. The maximum atomic E-state index is 12.3. The third-order valence-corrected chi connectivity index (χ3v) is 3.20. The summed E-state index contributed by atoms with van der Waals surface area (Å²) >= 11 is 5.88. The number of halogens is 1. The molecule has 0 aliphatic heterocycles. The molecule has 0 amide bonds. The van der Waals surface area contributed by atoms with Crippen LogP contribution in [0.25, 0.3) is 11.6 Å². The SMILES string of the molecule is C[C@@H](C#N)OC(=O)/C(=C/c1ccccc1)c1ccc(Cl)cc1. The summed E-state index contributed by atoms with van der Waals surface area (Å²) in [4.78, 5) is 12.3. The zero-order valence-corrected chi connectivity index (χ0v) is 12.7. The number of hydrogen-bond acceptors (Lipinski definition) is 3. The van der Waals surface area contributed by atoms with Crippen molar-refractivity contribution in [3.05, 3.63) is 70.7 Å². The van der Waals surface area contributed by atoms with Crippen molar-refractivity contribution in [3.63, 3.8) is 0 Å². The normalized spacial score (nSPS) is 12.3. The summed E-state index contributed by atoms with van der Waals surface area (Å²) in [5, 5.41) is 9.38. The highest BCUT2D eigenvalue weighted by Crippen LogP contribution is 2.22. The first-order valence-corrected chi connectivity index (χ1v) is 7.11. The molecule has 22 heavy (non-hydrogen) atoms. The van der Waals surface area contributed by atoms with Crippen molar-refractivity contribution < 1.29 is 9.53 Å². The Kier molecular flexibility index (Phi) is 5.35. The van der Waals surface area contributed by atoms with Crippen LogP contribution in [0.2, 0.25) is 5.02 Å². The number of hydrogen-bond donors (Lipinski definition) is 0. The molecule has 110 valence electrons. The average Bonchev–Trinajstić information content (AvgIpc) is 2.54.